The maximum atomic E-state index is 13.5. The largest absolute Gasteiger partial charge is 0.477 e. The summed E-state index contributed by atoms with van der Waals surface area (Å²) in [6.07, 6.45) is 0. The Morgan fingerprint density at radius 2 is 2.00 bits per heavy atom. The molecule has 0 aromatic carbocycles. The highest BCUT2D eigenvalue weighted by atomic mass is 19.3. The highest BCUT2D eigenvalue weighted by Gasteiger charge is 2.43. The van der Waals surface area contributed by atoms with Crippen molar-refractivity contribution in [3.63, 3.8) is 0 Å². The Morgan fingerprint density at radius 1 is 1.47 bits per heavy atom. The molecule has 0 aliphatic rings. The van der Waals surface area contributed by atoms with Crippen LogP contribution in [0.15, 0.2) is 6.07 Å². The lowest BCUT2D eigenvalue weighted by Gasteiger charge is -2.14. The molecule has 1 rings (SSSR count). The van der Waals surface area contributed by atoms with Crippen molar-refractivity contribution >= 4 is 5.97 Å². The number of hydrogen-bond donors (Lipinski definition) is 1. The van der Waals surface area contributed by atoms with Crippen molar-refractivity contribution < 1.29 is 18.7 Å². The third-order valence-corrected chi connectivity index (χ3v) is 2.73. The summed E-state index contributed by atoms with van der Waals surface area (Å²) in [5.74, 6) is -5.62. The summed E-state index contributed by atoms with van der Waals surface area (Å²) >= 11 is 0. The number of carboxylic acid groups (broad SMARTS) is 1. The van der Waals surface area contributed by atoms with Gasteiger partial charge in [0.15, 0.2) is 0 Å². The van der Waals surface area contributed by atoms with Crippen LogP contribution in [0.5, 0.6) is 0 Å². The molecule has 0 amide bonds. The fourth-order valence-corrected chi connectivity index (χ4v) is 1.88. The van der Waals surface area contributed by atoms with Gasteiger partial charge in [-0.05, 0) is 25.8 Å². The average molecular weight is 245 g/mol. The first-order valence-corrected chi connectivity index (χ1v) is 5.46. The van der Waals surface area contributed by atoms with Gasteiger partial charge < -0.3 is 9.67 Å². The second kappa shape index (κ2) is 4.47. The molecule has 0 bridgehead atoms. The van der Waals surface area contributed by atoms with Gasteiger partial charge in [-0.25, -0.2) is 4.79 Å². The summed E-state index contributed by atoms with van der Waals surface area (Å²) < 4.78 is 28.6. The van der Waals surface area contributed by atoms with Gasteiger partial charge in [0.2, 0.25) is 0 Å². The van der Waals surface area contributed by atoms with Crippen molar-refractivity contribution in [2.24, 2.45) is 5.92 Å². The van der Waals surface area contributed by atoms with E-state index in [0.29, 0.717) is 23.9 Å². The van der Waals surface area contributed by atoms with Gasteiger partial charge in [0, 0.05) is 17.9 Å². The number of aryl methyl sites for hydroxylation is 1. The molecule has 0 aliphatic heterocycles. The van der Waals surface area contributed by atoms with Gasteiger partial charge in [-0.3, -0.25) is 0 Å². The highest BCUT2D eigenvalue weighted by molar-refractivity contribution is 5.77. The molecular formula is C12H17F2NO2. The molecule has 0 unspecified atom stereocenters. The van der Waals surface area contributed by atoms with Crippen LogP contribution in [0.4, 0.5) is 8.78 Å². The average Bonchev–Trinajstić information content (AvgIpc) is 2.45. The first-order valence-electron chi connectivity index (χ1n) is 5.46. The van der Waals surface area contributed by atoms with Gasteiger partial charge in [-0.2, -0.15) is 8.78 Å². The number of aromatic nitrogens is 1. The highest BCUT2D eigenvalue weighted by Crippen LogP contribution is 2.33. The van der Waals surface area contributed by atoms with Crippen molar-refractivity contribution in [2.45, 2.75) is 40.2 Å². The van der Waals surface area contributed by atoms with Crippen LogP contribution in [0.25, 0.3) is 0 Å². The molecule has 0 aliphatic carbocycles. The first kappa shape index (κ1) is 13.7. The van der Waals surface area contributed by atoms with Crippen molar-refractivity contribution in [2.75, 3.05) is 0 Å². The zero-order valence-electron chi connectivity index (χ0n) is 10.4. The van der Waals surface area contributed by atoms with Gasteiger partial charge >= 0.3 is 11.9 Å². The lowest BCUT2D eigenvalue weighted by molar-refractivity contribution is -0.166. The van der Waals surface area contributed by atoms with Crippen molar-refractivity contribution in [1.29, 1.82) is 0 Å². The van der Waals surface area contributed by atoms with Crippen LogP contribution in [0, 0.1) is 19.8 Å². The first-order chi connectivity index (χ1) is 7.67. The Hall–Kier alpha value is -1.39. The van der Waals surface area contributed by atoms with Crippen LogP contribution in [0.3, 0.4) is 0 Å². The molecular weight excluding hydrogens is 228 g/mol. The van der Waals surface area contributed by atoms with E-state index in [-0.39, 0.29) is 0 Å². The van der Waals surface area contributed by atoms with Crippen LogP contribution in [-0.2, 0) is 17.3 Å². The second-order valence-electron chi connectivity index (χ2n) is 4.67. The summed E-state index contributed by atoms with van der Waals surface area (Å²) in [7, 11) is 0. The number of alkyl halides is 2. The minimum absolute atomic E-state index is 0.311. The van der Waals surface area contributed by atoms with Crippen molar-refractivity contribution in [1.82, 2.24) is 4.57 Å². The number of carboxylic acids is 1. The van der Waals surface area contributed by atoms with E-state index in [2.05, 4.69) is 0 Å². The molecule has 1 aromatic rings. The van der Waals surface area contributed by atoms with Crippen LogP contribution >= 0.6 is 0 Å². The van der Waals surface area contributed by atoms with Gasteiger partial charge in [0.05, 0.1) is 5.56 Å². The third kappa shape index (κ3) is 2.48. The number of halogens is 2. The zero-order valence-corrected chi connectivity index (χ0v) is 10.4. The zero-order chi connectivity index (χ0) is 13.4. The minimum Gasteiger partial charge on any atom is -0.477 e. The fraction of sp³-hybridized carbons (Fsp3) is 0.583. The van der Waals surface area contributed by atoms with Crippen LogP contribution in [0.1, 0.15) is 30.8 Å². The minimum atomic E-state index is -3.82. The number of rotatable bonds is 4. The number of hydrogen-bond acceptors (Lipinski definition) is 1. The van der Waals surface area contributed by atoms with Gasteiger partial charge in [-0.15, -0.1) is 0 Å². The molecule has 0 atom stereocenters. The monoisotopic (exact) mass is 245 g/mol. The summed E-state index contributed by atoms with van der Waals surface area (Å²) in [6, 6.07) is 1.26. The molecule has 0 saturated carbocycles. The van der Waals surface area contributed by atoms with E-state index < -0.39 is 17.5 Å². The van der Waals surface area contributed by atoms with Crippen LogP contribution in [-0.4, -0.2) is 15.6 Å². The smallest absolute Gasteiger partial charge is 0.379 e. The number of aliphatic carboxylic acids is 1. The maximum Gasteiger partial charge on any atom is 0.379 e. The van der Waals surface area contributed by atoms with Gasteiger partial charge in [0.1, 0.15) is 0 Å². The number of carbonyl (C=O) groups is 1. The van der Waals surface area contributed by atoms with E-state index >= 15 is 0 Å². The lowest BCUT2D eigenvalue weighted by Crippen LogP contribution is -2.26. The molecule has 3 nitrogen and oxygen atoms in total. The Morgan fingerprint density at radius 3 is 2.41 bits per heavy atom. The predicted octanol–water partition coefficient (Wildman–Crippen LogP) is 2.94. The molecule has 0 saturated heterocycles. The maximum absolute atomic E-state index is 13.5. The van der Waals surface area contributed by atoms with E-state index in [4.69, 9.17) is 5.11 Å². The fourth-order valence-electron chi connectivity index (χ4n) is 1.88. The second-order valence-corrected chi connectivity index (χ2v) is 4.67. The summed E-state index contributed by atoms with van der Waals surface area (Å²) in [4.78, 5) is 10.6. The molecule has 0 fully saturated rings. The topological polar surface area (TPSA) is 42.2 Å². The molecule has 96 valence electrons. The number of nitrogens with zero attached hydrogens (tertiary/aromatic N) is 1. The summed E-state index contributed by atoms with van der Waals surface area (Å²) in [5, 5.41) is 8.54. The molecule has 0 spiro atoms. The van der Waals surface area contributed by atoms with Crippen molar-refractivity contribution in [3.8, 4) is 0 Å². The SMILES string of the molecule is Cc1cc(C(F)(F)C(=O)O)c(C)n1CC(C)C. The Bertz CT molecular complexity index is 436. The lowest BCUT2D eigenvalue weighted by atomic mass is 10.1. The summed E-state index contributed by atoms with van der Waals surface area (Å²) in [5.41, 5.74) is 0.568. The predicted molar refractivity (Wildman–Crippen MR) is 60.3 cm³/mol. The van der Waals surface area contributed by atoms with E-state index in [1.807, 2.05) is 13.8 Å². The molecule has 1 N–H and O–H groups in total. The van der Waals surface area contributed by atoms with Crippen molar-refractivity contribution in [3.05, 3.63) is 23.0 Å². The third-order valence-electron chi connectivity index (χ3n) is 2.73. The van der Waals surface area contributed by atoms with E-state index in [1.54, 1.807) is 11.5 Å². The summed E-state index contributed by atoms with van der Waals surface area (Å²) in [6.45, 7) is 7.80. The standard InChI is InChI=1S/C12H17F2NO2/c1-7(2)6-15-8(3)5-10(9(15)4)12(13,14)11(16)17/h5,7H,6H2,1-4H3,(H,16,17). The molecule has 0 radical (unpaired) electrons. The Labute approximate surface area is 99.1 Å². The normalized spacial score (nSPS) is 12.2. The quantitative estimate of drug-likeness (QED) is 0.886. The van der Waals surface area contributed by atoms with Crippen LogP contribution < -0.4 is 0 Å². The van der Waals surface area contributed by atoms with E-state index in [0.717, 1.165) is 0 Å². The molecule has 1 aromatic heterocycles. The molecule has 17 heavy (non-hydrogen) atoms. The van der Waals surface area contributed by atoms with E-state index in [9.17, 15) is 13.6 Å². The van der Waals surface area contributed by atoms with Crippen LogP contribution in [0.2, 0.25) is 0 Å². The van der Waals surface area contributed by atoms with Gasteiger partial charge in [0.25, 0.3) is 0 Å². The Balaban J connectivity index is 3.26. The van der Waals surface area contributed by atoms with Gasteiger partial charge in [-0.1, -0.05) is 13.8 Å². The Kier molecular flexibility index (Phi) is 3.59. The molecule has 5 heteroatoms. The van der Waals surface area contributed by atoms with E-state index in [1.165, 1.54) is 13.0 Å². The molecule has 1 heterocycles.